The Morgan fingerprint density at radius 2 is 0.806 bits per heavy atom. The van der Waals surface area contributed by atoms with E-state index in [-0.39, 0.29) is 57.9 Å². The van der Waals surface area contributed by atoms with E-state index in [1.54, 1.807) is 12.1 Å². The van der Waals surface area contributed by atoms with Crippen molar-refractivity contribution in [2.75, 3.05) is 10.0 Å². The summed E-state index contributed by atoms with van der Waals surface area (Å²) in [5.41, 5.74) is -10.5. The summed E-state index contributed by atoms with van der Waals surface area (Å²) < 4.78 is 127. The molecule has 0 aliphatic carbocycles. The van der Waals surface area contributed by atoms with Gasteiger partial charge in [0.05, 0.1) is 0 Å². The summed E-state index contributed by atoms with van der Waals surface area (Å²) in [5.74, 6) is -0.720. The first-order chi connectivity index (χ1) is 15.2. The Morgan fingerprint density at radius 1 is 0.583 bits per heavy atom. The number of aryl methyl sites for hydroxylation is 4. The maximum absolute atomic E-state index is 13.2. The van der Waals surface area contributed by atoms with Crippen LogP contribution in [0.15, 0.2) is 36.4 Å². The van der Waals surface area contributed by atoms with Crippen LogP contribution in [0.25, 0.3) is 0 Å². The molecule has 0 spiro atoms. The standard InChI is InChI=1S/C20H20F6N2O4S2.CH3.Al/c1-13-5-14(2)8-17(7-13)27(11-33(29,30)19(21,22)23)28(12-34(31,32)20(24,25)26)18-9-15(3)6-16(4)10-18;;/h5-12H,1-4H3;1H3;/q-2;-1;+3. The third-order valence-corrected chi connectivity index (χ3v) is 6.54. The second kappa shape index (κ2) is 11.6. The predicted octanol–water partition coefficient (Wildman–Crippen LogP) is 5.33. The van der Waals surface area contributed by atoms with E-state index in [2.05, 4.69) is 0 Å². The molecule has 6 nitrogen and oxygen atoms in total. The van der Waals surface area contributed by atoms with Crippen molar-refractivity contribution in [3.63, 3.8) is 0 Å². The van der Waals surface area contributed by atoms with Gasteiger partial charge in [0.2, 0.25) is 0 Å². The van der Waals surface area contributed by atoms with Crippen molar-refractivity contribution in [1.29, 1.82) is 0 Å². The molecule has 2 aromatic rings. The van der Waals surface area contributed by atoms with Gasteiger partial charge < -0.3 is 17.4 Å². The molecule has 0 saturated heterocycles. The van der Waals surface area contributed by atoms with Gasteiger partial charge in [-0.05, 0) is 74.2 Å². The van der Waals surface area contributed by atoms with Crippen molar-refractivity contribution in [3.8, 4) is 0 Å². The number of hydrogen-bond acceptors (Lipinski definition) is 6. The largest absolute Gasteiger partial charge is 3.00 e. The van der Waals surface area contributed by atoms with Crippen LogP contribution < -0.4 is 10.0 Å². The first-order valence-electron chi connectivity index (χ1n) is 9.31. The Bertz CT molecular complexity index is 1140. The van der Waals surface area contributed by atoms with Crippen molar-refractivity contribution in [1.82, 2.24) is 0 Å². The van der Waals surface area contributed by atoms with Gasteiger partial charge in [-0.3, -0.25) is 16.8 Å². The fourth-order valence-corrected chi connectivity index (χ4v) is 4.23. The molecule has 0 aromatic heterocycles. The molecule has 0 amide bonds. The van der Waals surface area contributed by atoms with Gasteiger partial charge in [0, 0.05) is 11.4 Å². The maximum atomic E-state index is 13.2. The molecule has 0 aliphatic heterocycles. The van der Waals surface area contributed by atoms with Crippen molar-refractivity contribution in [2.24, 2.45) is 0 Å². The van der Waals surface area contributed by atoms with Gasteiger partial charge in [-0.1, -0.05) is 23.9 Å². The van der Waals surface area contributed by atoms with Crippen molar-refractivity contribution in [2.45, 2.75) is 38.7 Å². The first-order valence-corrected chi connectivity index (χ1v) is 12.4. The molecule has 0 heterocycles. The van der Waals surface area contributed by atoms with Crippen LogP contribution in [-0.2, 0) is 19.7 Å². The molecule has 15 heteroatoms. The summed E-state index contributed by atoms with van der Waals surface area (Å²) in [7, 11) is -12.1. The smallest absolute Gasteiger partial charge is 0.449 e. The van der Waals surface area contributed by atoms with E-state index in [4.69, 9.17) is 0 Å². The van der Waals surface area contributed by atoms with Crippen LogP contribution in [-0.4, -0.2) is 45.2 Å². The maximum Gasteiger partial charge on any atom is 3.00 e. The first kappa shape index (κ1) is 34.1. The summed E-state index contributed by atoms with van der Waals surface area (Å²) in [6.45, 7) is 6.07. The second-order valence-corrected chi connectivity index (χ2v) is 11.1. The zero-order valence-electron chi connectivity index (χ0n) is 19.8. The molecule has 0 aliphatic rings. The Labute approximate surface area is 217 Å². The van der Waals surface area contributed by atoms with Gasteiger partial charge in [-0.15, -0.1) is 0 Å². The minimum absolute atomic E-state index is 0. The van der Waals surface area contributed by atoms with Gasteiger partial charge in [0.25, 0.3) is 0 Å². The zero-order chi connectivity index (χ0) is 26.3. The summed E-state index contributed by atoms with van der Waals surface area (Å²) >= 11 is 0. The Balaban J connectivity index is 0.00000612. The van der Waals surface area contributed by atoms with E-state index in [9.17, 15) is 43.2 Å². The molecule has 0 unspecified atom stereocenters. The molecule has 2 aromatic carbocycles. The van der Waals surface area contributed by atoms with Crippen LogP contribution >= 0.6 is 0 Å². The van der Waals surface area contributed by atoms with Crippen molar-refractivity contribution in [3.05, 3.63) is 77.8 Å². The molecular weight excluding hydrogens is 549 g/mol. The number of benzene rings is 2. The SMILES string of the molecule is Cc1cc(C)cc(N([CH-]S(=O)(=O)C(F)(F)F)N([CH-]S(=O)(=O)C(F)(F)F)c2cc(C)cc(C)c2)c1.[Al+3].[CH3-]. The topological polar surface area (TPSA) is 74.8 Å². The van der Waals surface area contributed by atoms with E-state index in [0.29, 0.717) is 22.3 Å². The number of alkyl halides is 6. The van der Waals surface area contributed by atoms with Crippen LogP contribution in [0.3, 0.4) is 0 Å². The van der Waals surface area contributed by atoms with Crippen molar-refractivity contribution < 1.29 is 43.2 Å². The number of halogens is 6. The summed E-state index contributed by atoms with van der Waals surface area (Å²) in [4.78, 5) is 0. The predicted molar refractivity (Wildman–Crippen MR) is 128 cm³/mol. The zero-order valence-corrected chi connectivity index (χ0v) is 22.6. The molecular formula is C21H23AlF6N2O4S2. The molecule has 0 N–H and O–H groups in total. The quantitative estimate of drug-likeness (QED) is 0.193. The summed E-state index contributed by atoms with van der Waals surface area (Å²) in [6, 6.07) is 7.94. The molecule has 0 saturated carbocycles. The van der Waals surface area contributed by atoms with E-state index in [0.717, 1.165) is 0 Å². The van der Waals surface area contributed by atoms with E-state index < -0.39 is 30.7 Å². The molecule has 0 radical (unpaired) electrons. The molecule has 0 fully saturated rings. The minimum Gasteiger partial charge on any atom is -0.449 e. The average molecular weight is 573 g/mol. The third-order valence-electron chi connectivity index (χ3n) is 4.30. The second-order valence-electron chi connectivity index (χ2n) is 7.57. The van der Waals surface area contributed by atoms with Gasteiger partial charge in [-0.2, -0.15) is 26.3 Å². The Morgan fingerprint density at radius 3 is 1.00 bits per heavy atom. The molecule has 2 rings (SSSR count). The third kappa shape index (κ3) is 8.03. The van der Waals surface area contributed by atoms with Gasteiger partial charge >= 0.3 is 28.4 Å². The minimum atomic E-state index is -6.07. The summed E-state index contributed by atoms with van der Waals surface area (Å²) in [5, 5.41) is 0.417. The van der Waals surface area contributed by atoms with E-state index in [1.807, 2.05) is 0 Å². The number of nitrogens with zero attached hydrogens (tertiary/aromatic N) is 2. The van der Waals surface area contributed by atoms with Crippen molar-refractivity contribution >= 4 is 48.4 Å². The Hall–Kier alpha value is -1.95. The molecule has 198 valence electrons. The molecule has 36 heavy (non-hydrogen) atoms. The van der Waals surface area contributed by atoms with E-state index in [1.165, 1.54) is 52.0 Å². The van der Waals surface area contributed by atoms with Crippen LogP contribution in [0.2, 0.25) is 0 Å². The number of hydrogen-bond donors (Lipinski definition) is 0. The number of anilines is 2. The fraction of sp³-hybridized carbons (Fsp3) is 0.286. The number of hydrazine groups is 1. The van der Waals surface area contributed by atoms with Gasteiger partial charge in [0.1, 0.15) is 19.7 Å². The monoisotopic (exact) mass is 572 g/mol. The van der Waals surface area contributed by atoms with Gasteiger partial charge in [-0.25, -0.2) is 0 Å². The van der Waals surface area contributed by atoms with Crippen LogP contribution in [0.5, 0.6) is 0 Å². The number of sulfone groups is 2. The molecule has 0 atom stereocenters. The van der Waals surface area contributed by atoms with Crippen LogP contribution in [0.4, 0.5) is 37.7 Å². The fourth-order valence-electron chi connectivity index (χ4n) is 3.02. The Kier molecular flexibility index (Phi) is 11.0. The summed E-state index contributed by atoms with van der Waals surface area (Å²) in [6.07, 6.45) is 0. The van der Waals surface area contributed by atoms with E-state index >= 15 is 0 Å². The normalized spacial score (nSPS) is 12.4. The van der Waals surface area contributed by atoms with Gasteiger partial charge in [0.15, 0.2) is 0 Å². The number of rotatable bonds is 7. The van der Waals surface area contributed by atoms with Crippen LogP contribution in [0, 0.1) is 46.9 Å². The average Bonchev–Trinajstić information content (AvgIpc) is 2.61. The molecule has 0 bridgehead atoms. The van der Waals surface area contributed by atoms with Crippen LogP contribution in [0.1, 0.15) is 22.3 Å².